The Kier molecular flexibility index (Phi) is 3.91. The molecule has 2 amide bonds. The molecule has 2 atom stereocenters. The molecule has 4 heteroatoms. The summed E-state index contributed by atoms with van der Waals surface area (Å²) >= 11 is 0. The van der Waals surface area contributed by atoms with Crippen LogP contribution >= 0.6 is 0 Å². The predicted molar refractivity (Wildman–Crippen MR) is 77.9 cm³/mol. The fourth-order valence-electron chi connectivity index (χ4n) is 2.27. The second-order valence-electron chi connectivity index (χ2n) is 5.12. The Morgan fingerprint density at radius 3 is 2.35 bits per heavy atom. The van der Waals surface area contributed by atoms with E-state index in [0.29, 0.717) is 11.3 Å². The molecule has 0 aromatic heterocycles. The van der Waals surface area contributed by atoms with Crippen LogP contribution in [0.25, 0.3) is 0 Å². The van der Waals surface area contributed by atoms with Crippen molar-refractivity contribution < 1.29 is 9.59 Å². The summed E-state index contributed by atoms with van der Waals surface area (Å²) < 4.78 is 0. The summed E-state index contributed by atoms with van der Waals surface area (Å²) in [6.45, 7) is 5.74. The summed E-state index contributed by atoms with van der Waals surface area (Å²) in [5.41, 5.74) is 7.64. The van der Waals surface area contributed by atoms with Crippen LogP contribution in [0.15, 0.2) is 18.2 Å². The number of carbonyl (C=O) groups is 2. The molecule has 104 valence electrons. The normalized spacial score (nSPS) is 21.9. The molecule has 1 fully saturated rings. The lowest BCUT2D eigenvalue weighted by Crippen LogP contribution is -2.31. The van der Waals surface area contributed by atoms with Crippen LogP contribution in [0.1, 0.15) is 25.0 Å². The van der Waals surface area contributed by atoms with Crippen molar-refractivity contribution in [3.8, 4) is 11.8 Å². The minimum atomic E-state index is -0.292. The lowest BCUT2D eigenvalue weighted by Gasteiger charge is -2.17. The zero-order valence-electron chi connectivity index (χ0n) is 11.9. The molecule has 4 nitrogen and oxygen atoms in total. The van der Waals surface area contributed by atoms with Gasteiger partial charge in [-0.25, -0.2) is 4.90 Å². The van der Waals surface area contributed by atoms with Crippen LogP contribution in [0.4, 0.5) is 5.69 Å². The van der Waals surface area contributed by atoms with Gasteiger partial charge in [-0.1, -0.05) is 31.8 Å². The van der Waals surface area contributed by atoms with Crippen molar-refractivity contribution in [1.82, 2.24) is 0 Å². The van der Waals surface area contributed by atoms with Crippen LogP contribution in [-0.2, 0) is 9.59 Å². The third kappa shape index (κ3) is 2.33. The zero-order valence-corrected chi connectivity index (χ0v) is 11.9. The Hall–Kier alpha value is -2.12. The van der Waals surface area contributed by atoms with Crippen LogP contribution in [0.5, 0.6) is 0 Å². The maximum Gasteiger partial charge on any atom is 0.237 e. The Morgan fingerprint density at radius 2 is 1.80 bits per heavy atom. The van der Waals surface area contributed by atoms with E-state index >= 15 is 0 Å². The van der Waals surface area contributed by atoms with Crippen LogP contribution in [-0.4, -0.2) is 18.4 Å². The Balaban J connectivity index is 2.53. The SMILES string of the molecule is Cc1ccc(N2C(=O)C(C)C(C)C2=O)c(C#CCN)c1. The second kappa shape index (κ2) is 5.48. The highest BCUT2D eigenvalue weighted by molar-refractivity contribution is 6.22. The van der Waals surface area contributed by atoms with E-state index in [2.05, 4.69) is 11.8 Å². The van der Waals surface area contributed by atoms with Gasteiger partial charge in [0.25, 0.3) is 0 Å². The molecule has 1 saturated heterocycles. The maximum absolute atomic E-state index is 12.3. The second-order valence-corrected chi connectivity index (χ2v) is 5.12. The standard InChI is InChI=1S/C16H18N2O2/c1-10-6-7-14(13(9-10)5-4-8-17)18-15(19)11(2)12(3)16(18)20/h6-7,9,11-12H,8,17H2,1-3H3. The van der Waals surface area contributed by atoms with Crippen LogP contribution in [0.3, 0.4) is 0 Å². The number of rotatable bonds is 1. The summed E-state index contributed by atoms with van der Waals surface area (Å²) in [6.07, 6.45) is 0. The van der Waals surface area contributed by atoms with E-state index in [4.69, 9.17) is 5.73 Å². The van der Waals surface area contributed by atoms with Crippen molar-refractivity contribution >= 4 is 17.5 Å². The summed E-state index contributed by atoms with van der Waals surface area (Å²) in [7, 11) is 0. The van der Waals surface area contributed by atoms with E-state index in [0.717, 1.165) is 5.56 Å². The van der Waals surface area contributed by atoms with Gasteiger partial charge in [0.2, 0.25) is 11.8 Å². The van der Waals surface area contributed by atoms with E-state index in [-0.39, 0.29) is 30.2 Å². The summed E-state index contributed by atoms with van der Waals surface area (Å²) in [5, 5.41) is 0. The third-order valence-electron chi connectivity index (χ3n) is 3.69. The Labute approximate surface area is 118 Å². The van der Waals surface area contributed by atoms with Crippen molar-refractivity contribution in [3.63, 3.8) is 0 Å². The van der Waals surface area contributed by atoms with Gasteiger partial charge in [0.05, 0.1) is 12.2 Å². The van der Waals surface area contributed by atoms with E-state index in [1.165, 1.54) is 4.90 Å². The first-order chi connectivity index (χ1) is 9.47. The van der Waals surface area contributed by atoms with Crippen molar-refractivity contribution in [3.05, 3.63) is 29.3 Å². The number of imide groups is 1. The maximum atomic E-state index is 12.3. The number of nitrogens with zero attached hydrogens (tertiary/aromatic N) is 1. The number of aryl methyl sites for hydroxylation is 1. The lowest BCUT2D eigenvalue weighted by atomic mass is 10.00. The first kappa shape index (κ1) is 14.3. The van der Waals surface area contributed by atoms with Gasteiger partial charge in [0.15, 0.2) is 0 Å². The number of carbonyl (C=O) groups excluding carboxylic acids is 2. The smallest absolute Gasteiger partial charge is 0.237 e. The van der Waals surface area contributed by atoms with Crippen molar-refractivity contribution in [1.29, 1.82) is 0 Å². The molecule has 2 rings (SSSR count). The summed E-state index contributed by atoms with van der Waals surface area (Å²) in [6, 6.07) is 5.51. The number of nitrogens with two attached hydrogens (primary N) is 1. The van der Waals surface area contributed by atoms with Gasteiger partial charge in [-0.3, -0.25) is 9.59 Å². The molecule has 20 heavy (non-hydrogen) atoms. The summed E-state index contributed by atoms with van der Waals surface area (Å²) in [4.78, 5) is 25.8. The molecular weight excluding hydrogens is 252 g/mol. The van der Waals surface area contributed by atoms with Crippen LogP contribution in [0, 0.1) is 30.6 Å². The monoisotopic (exact) mass is 270 g/mol. The van der Waals surface area contributed by atoms with Gasteiger partial charge in [0, 0.05) is 17.4 Å². The molecule has 1 heterocycles. The van der Waals surface area contributed by atoms with Gasteiger partial charge in [-0.2, -0.15) is 0 Å². The van der Waals surface area contributed by atoms with Gasteiger partial charge in [-0.15, -0.1) is 0 Å². The molecule has 0 spiro atoms. The lowest BCUT2D eigenvalue weighted by molar-refractivity contribution is -0.122. The summed E-state index contributed by atoms with van der Waals surface area (Å²) in [5.74, 6) is 4.80. The van der Waals surface area contributed by atoms with E-state index in [9.17, 15) is 9.59 Å². The molecule has 0 aliphatic carbocycles. The van der Waals surface area contributed by atoms with Crippen LogP contribution < -0.4 is 10.6 Å². The number of hydrogen-bond donors (Lipinski definition) is 1. The molecule has 0 saturated carbocycles. The highest BCUT2D eigenvalue weighted by atomic mass is 16.2. The van der Waals surface area contributed by atoms with E-state index in [1.54, 1.807) is 19.9 Å². The molecule has 1 aromatic rings. The minimum Gasteiger partial charge on any atom is -0.320 e. The molecule has 1 aliphatic heterocycles. The molecule has 0 radical (unpaired) electrons. The van der Waals surface area contributed by atoms with Gasteiger partial charge in [0.1, 0.15) is 0 Å². The fraction of sp³-hybridized carbons (Fsp3) is 0.375. The average Bonchev–Trinajstić information content (AvgIpc) is 2.62. The largest absolute Gasteiger partial charge is 0.320 e. The minimum absolute atomic E-state index is 0.165. The first-order valence-electron chi connectivity index (χ1n) is 6.64. The topological polar surface area (TPSA) is 63.4 Å². The molecule has 1 aliphatic rings. The molecule has 2 unspecified atom stereocenters. The highest BCUT2D eigenvalue weighted by Gasteiger charge is 2.43. The number of hydrogen-bond acceptors (Lipinski definition) is 3. The van der Waals surface area contributed by atoms with E-state index < -0.39 is 0 Å². The number of benzene rings is 1. The van der Waals surface area contributed by atoms with Crippen molar-refractivity contribution in [2.45, 2.75) is 20.8 Å². The molecule has 1 aromatic carbocycles. The van der Waals surface area contributed by atoms with Gasteiger partial charge in [-0.05, 0) is 24.6 Å². The fourth-order valence-corrected chi connectivity index (χ4v) is 2.27. The number of amides is 2. The average molecular weight is 270 g/mol. The number of anilines is 1. The van der Waals surface area contributed by atoms with Crippen LogP contribution in [0.2, 0.25) is 0 Å². The first-order valence-corrected chi connectivity index (χ1v) is 6.64. The van der Waals surface area contributed by atoms with Crippen molar-refractivity contribution in [2.24, 2.45) is 17.6 Å². The third-order valence-corrected chi connectivity index (χ3v) is 3.69. The molecule has 2 N–H and O–H groups in total. The van der Waals surface area contributed by atoms with Gasteiger partial charge < -0.3 is 5.73 Å². The molecule has 0 bridgehead atoms. The van der Waals surface area contributed by atoms with E-state index in [1.807, 2.05) is 19.1 Å². The van der Waals surface area contributed by atoms with Gasteiger partial charge >= 0.3 is 0 Å². The zero-order chi connectivity index (χ0) is 14.9. The predicted octanol–water partition coefficient (Wildman–Crippen LogP) is 1.45. The van der Waals surface area contributed by atoms with Crippen molar-refractivity contribution in [2.75, 3.05) is 11.4 Å². The Morgan fingerprint density at radius 1 is 1.20 bits per heavy atom. The highest BCUT2D eigenvalue weighted by Crippen LogP contribution is 2.32. The Bertz CT molecular complexity index is 605. The molecular formula is C16H18N2O2. The quantitative estimate of drug-likeness (QED) is 0.620.